The second kappa shape index (κ2) is 4.83. The van der Waals surface area contributed by atoms with Gasteiger partial charge in [0.2, 0.25) is 0 Å². The molecule has 0 aliphatic rings. The van der Waals surface area contributed by atoms with Crippen LogP contribution in [0.1, 0.15) is 11.6 Å². The molecule has 1 rings (SSSR count). The summed E-state index contributed by atoms with van der Waals surface area (Å²) in [7, 11) is 0. The van der Waals surface area contributed by atoms with Gasteiger partial charge in [-0.05, 0) is 17.7 Å². The topological polar surface area (TPSA) is 75.3 Å². The molecular weight excluding hydrogens is 204 g/mol. The standard InChI is InChI=1S/C9H11ClN2O2/c10-7-3-1-6(2-4-7)8(11)5-12-9(13)14/h1-4,8,12H,5,11H2,(H,13,14). The van der Waals surface area contributed by atoms with E-state index < -0.39 is 6.09 Å². The van der Waals surface area contributed by atoms with Crippen molar-refractivity contribution in [2.75, 3.05) is 6.54 Å². The Balaban J connectivity index is 2.56. The number of hydrogen-bond acceptors (Lipinski definition) is 2. The number of carbonyl (C=O) groups is 1. The lowest BCUT2D eigenvalue weighted by Crippen LogP contribution is -2.30. The molecular formula is C9H11ClN2O2. The van der Waals surface area contributed by atoms with Crippen molar-refractivity contribution in [2.24, 2.45) is 5.73 Å². The minimum atomic E-state index is -1.07. The maximum absolute atomic E-state index is 10.2. The summed E-state index contributed by atoms with van der Waals surface area (Å²) in [6.45, 7) is 0.191. The zero-order valence-electron chi connectivity index (χ0n) is 7.40. The molecule has 0 saturated carbocycles. The zero-order chi connectivity index (χ0) is 10.6. The van der Waals surface area contributed by atoms with Gasteiger partial charge in [-0.1, -0.05) is 23.7 Å². The Kier molecular flexibility index (Phi) is 3.73. The van der Waals surface area contributed by atoms with Gasteiger partial charge in [0.25, 0.3) is 0 Å². The predicted octanol–water partition coefficient (Wildman–Crippen LogP) is 1.61. The molecule has 0 aliphatic carbocycles. The van der Waals surface area contributed by atoms with Crippen LogP contribution in [0, 0.1) is 0 Å². The first kappa shape index (κ1) is 10.8. The molecule has 76 valence electrons. The average molecular weight is 215 g/mol. The van der Waals surface area contributed by atoms with Crippen LogP contribution in [0.5, 0.6) is 0 Å². The molecule has 4 nitrogen and oxygen atoms in total. The lowest BCUT2D eigenvalue weighted by atomic mass is 10.1. The second-order valence-corrected chi connectivity index (χ2v) is 3.28. The molecule has 0 spiro atoms. The van der Waals surface area contributed by atoms with Gasteiger partial charge in [-0.15, -0.1) is 0 Å². The normalized spacial score (nSPS) is 12.1. The molecule has 14 heavy (non-hydrogen) atoms. The largest absolute Gasteiger partial charge is 0.465 e. The number of halogens is 1. The number of amides is 1. The Bertz CT molecular complexity index is 313. The summed E-state index contributed by atoms with van der Waals surface area (Å²) in [6, 6.07) is 6.64. The fraction of sp³-hybridized carbons (Fsp3) is 0.222. The maximum Gasteiger partial charge on any atom is 0.404 e. The molecule has 1 atom stereocenters. The molecule has 0 fully saturated rings. The van der Waals surface area contributed by atoms with E-state index in [4.69, 9.17) is 22.4 Å². The van der Waals surface area contributed by atoms with E-state index in [-0.39, 0.29) is 12.6 Å². The first-order valence-corrected chi connectivity index (χ1v) is 4.45. The van der Waals surface area contributed by atoms with Crippen molar-refractivity contribution in [1.82, 2.24) is 5.32 Å². The van der Waals surface area contributed by atoms with E-state index in [9.17, 15) is 4.79 Å². The van der Waals surface area contributed by atoms with Gasteiger partial charge in [0.05, 0.1) is 0 Å². The summed E-state index contributed by atoms with van der Waals surface area (Å²) in [5.41, 5.74) is 6.57. The van der Waals surface area contributed by atoms with E-state index in [2.05, 4.69) is 5.32 Å². The van der Waals surface area contributed by atoms with Crippen molar-refractivity contribution in [3.63, 3.8) is 0 Å². The highest BCUT2D eigenvalue weighted by Gasteiger charge is 2.06. The van der Waals surface area contributed by atoms with E-state index in [0.29, 0.717) is 5.02 Å². The van der Waals surface area contributed by atoms with Crippen molar-refractivity contribution in [1.29, 1.82) is 0 Å². The van der Waals surface area contributed by atoms with Gasteiger partial charge in [-0.2, -0.15) is 0 Å². The lowest BCUT2D eigenvalue weighted by molar-refractivity contribution is 0.193. The summed E-state index contributed by atoms with van der Waals surface area (Å²) >= 11 is 5.69. The van der Waals surface area contributed by atoms with Crippen molar-refractivity contribution in [3.05, 3.63) is 34.9 Å². The van der Waals surface area contributed by atoms with E-state index in [1.54, 1.807) is 24.3 Å². The third-order valence-electron chi connectivity index (χ3n) is 1.77. The highest BCUT2D eigenvalue weighted by Crippen LogP contribution is 2.13. The summed E-state index contributed by atoms with van der Waals surface area (Å²) in [5.74, 6) is 0. The highest BCUT2D eigenvalue weighted by molar-refractivity contribution is 6.30. The van der Waals surface area contributed by atoms with Crippen LogP contribution >= 0.6 is 11.6 Å². The fourth-order valence-electron chi connectivity index (χ4n) is 1.03. The summed E-state index contributed by atoms with van der Waals surface area (Å²) < 4.78 is 0. The number of hydrogen-bond donors (Lipinski definition) is 3. The lowest BCUT2D eigenvalue weighted by Gasteiger charge is -2.11. The number of benzene rings is 1. The minimum absolute atomic E-state index is 0.191. The van der Waals surface area contributed by atoms with Crippen LogP contribution in [0.2, 0.25) is 5.02 Å². The number of nitrogens with two attached hydrogens (primary N) is 1. The second-order valence-electron chi connectivity index (χ2n) is 2.84. The van der Waals surface area contributed by atoms with Crippen LogP contribution in [0.4, 0.5) is 4.79 Å². The number of rotatable bonds is 3. The molecule has 0 saturated heterocycles. The predicted molar refractivity (Wildman–Crippen MR) is 54.4 cm³/mol. The molecule has 0 heterocycles. The van der Waals surface area contributed by atoms with Gasteiger partial charge in [0.1, 0.15) is 0 Å². The van der Waals surface area contributed by atoms with Crippen LogP contribution < -0.4 is 11.1 Å². The van der Waals surface area contributed by atoms with E-state index in [0.717, 1.165) is 5.56 Å². The van der Waals surface area contributed by atoms with Crippen molar-refractivity contribution >= 4 is 17.7 Å². The summed E-state index contributed by atoms with van der Waals surface area (Å²) in [6.07, 6.45) is -1.07. The van der Waals surface area contributed by atoms with Gasteiger partial charge in [0.15, 0.2) is 0 Å². The minimum Gasteiger partial charge on any atom is -0.465 e. The first-order valence-electron chi connectivity index (χ1n) is 4.07. The van der Waals surface area contributed by atoms with E-state index in [1.807, 2.05) is 0 Å². The third kappa shape index (κ3) is 3.24. The number of carboxylic acid groups (broad SMARTS) is 1. The molecule has 1 amide bonds. The molecule has 1 aromatic rings. The van der Waals surface area contributed by atoms with Crippen LogP contribution in [0.3, 0.4) is 0 Å². The quantitative estimate of drug-likeness (QED) is 0.716. The van der Waals surface area contributed by atoms with Crippen molar-refractivity contribution < 1.29 is 9.90 Å². The van der Waals surface area contributed by atoms with Gasteiger partial charge < -0.3 is 16.2 Å². The van der Waals surface area contributed by atoms with Crippen molar-refractivity contribution in [3.8, 4) is 0 Å². The number of nitrogens with one attached hydrogen (secondary N) is 1. The first-order chi connectivity index (χ1) is 6.59. The highest BCUT2D eigenvalue weighted by atomic mass is 35.5. The molecule has 0 radical (unpaired) electrons. The Morgan fingerprint density at radius 2 is 2.07 bits per heavy atom. The fourth-order valence-corrected chi connectivity index (χ4v) is 1.15. The third-order valence-corrected chi connectivity index (χ3v) is 2.02. The Morgan fingerprint density at radius 1 is 1.50 bits per heavy atom. The summed E-state index contributed by atoms with van der Waals surface area (Å²) in [5, 5.41) is 11.2. The van der Waals surface area contributed by atoms with E-state index in [1.165, 1.54) is 0 Å². The molecule has 0 bridgehead atoms. The zero-order valence-corrected chi connectivity index (χ0v) is 8.16. The molecule has 5 heteroatoms. The SMILES string of the molecule is NC(CNC(=O)O)c1ccc(Cl)cc1. The average Bonchev–Trinajstić information content (AvgIpc) is 2.15. The Labute approximate surface area is 86.7 Å². The summed E-state index contributed by atoms with van der Waals surface area (Å²) in [4.78, 5) is 10.2. The molecule has 1 aromatic carbocycles. The van der Waals surface area contributed by atoms with Gasteiger partial charge in [0, 0.05) is 17.6 Å². The monoisotopic (exact) mass is 214 g/mol. The smallest absolute Gasteiger partial charge is 0.404 e. The van der Waals surface area contributed by atoms with E-state index >= 15 is 0 Å². The van der Waals surface area contributed by atoms with Crippen LogP contribution in [0.25, 0.3) is 0 Å². The maximum atomic E-state index is 10.2. The van der Waals surface area contributed by atoms with Crippen LogP contribution in [-0.2, 0) is 0 Å². The van der Waals surface area contributed by atoms with Gasteiger partial charge in [-0.25, -0.2) is 4.79 Å². The molecule has 0 aromatic heterocycles. The molecule has 4 N–H and O–H groups in total. The Hall–Kier alpha value is -1.26. The van der Waals surface area contributed by atoms with Crippen LogP contribution in [-0.4, -0.2) is 17.7 Å². The van der Waals surface area contributed by atoms with Gasteiger partial charge >= 0.3 is 6.09 Å². The molecule has 1 unspecified atom stereocenters. The Morgan fingerprint density at radius 3 is 2.57 bits per heavy atom. The van der Waals surface area contributed by atoms with Crippen LogP contribution in [0.15, 0.2) is 24.3 Å². The van der Waals surface area contributed by atoms with Gasteiger partial charge in [-0.3, -0.25) is 0 Å². The molecule has 0 aliphatic heterocycles. The van der Waals surface area contributed by atoms with Crippen molar-refractivity contribution in [2.45, 2.75) is 6.04 Å².